The zero-order valence-electron chi connectivity index (χ0n) is 32.1. The maximum atomic E-state index is 13.1. The van der Waals surface area contributed by atoms with Gasteiger partial charge in [-0.05, 0) is 78.6 Å². The Bertz CT molecular complexity index is 1320. The maximum Gasteiger partial charge on any atom is 0.239 e. The van der Waals surface area contributed by atoms with Gasteiger partial charge in [0.25, 0.3) is 0 Å². The van der Waals surface area contributed by atoms with Crippen molar-refractivity contribution in [3.8, 4) is 0 Å². The highest BCUT2D eigenvalue weighted by Crippen LogP contribution is 2.30. The lowest BCUT2D eigenvalue weighted by Gasteiger charge is -2.31. The van der Waals surface area contributed by atoms with Crippen molar-refractivity contribution in [1.82, 2.24) is 31.1 Å². The van der Waals surface area contributed by atoms with Gasteiger partial charge in [-0.3, -0.25) is 33.6 Å². The van der Waals surface area contributed by atoms with E-state index in [9.17, 15) is 38.4 Å². The van der Waals surface area contributed by atoms with Crippen LogP contribution in [0.3, 0.4) is 0 Å². The van der Waals surface area contributed by atoms with Crippen molar-refractivity contribution < 1.29 is 38.4 Å². The van der Waals surface area contributed by atoms with Gasteiger partial charge in [0.2, 0.25) is 29.5 Å². The fraction of sp³-hybridized carbons (Fsp3) is 0.703. The Kier molecular flexibility index (Phi) is 21.5. The molecule has 0 spiro atoms. The second kappa shape index (κ2) is 24.3. The molecule has 1 saturated carbocycles. The van der Waals surface area contributed by atoms with Crippen LogP contribution in [0.4, 0.5) is 0 Å². The van der Waals surface area contributed by atoms with Gasteiger partial charge in [0.05, 0.1) is 30.4 Å². The van der Waals surface area contributed by atoms with Crippen LogP contribution in [0.1, 0.15) is 92.4 Å². The minimum atomic E-state index is -0.692. The molecule has 0 aromatic rings. The quantitative estimate of drug-likeness (QED) is 0.0839. The Morgan fingerprint density at radius 3 is 2.08 bits per heavy atom. The minimum absolute atomic E-state index is 0.0227. The topological polar surface area (TPSA) is 191 Å². The average molecular weight is 749 g/mol. The number of thioether (sulfide) groups is 1. The summed E-state index contributed by atoms with van der Waals surface area (Å²) in [6.45, 7) is 12.5. The molecule has 0 aliphatic heterocycles. The Morgan fingerprint density at radius 2 is 1.50 bits per heavy atom. The van der Waals surface area contributed by atoms with Gasteiger partial charge in [0.1, 0.15) is 11.7 Å². The Balaban J connectivity index is 2.38. The van der Waals surface area contributed by atoms with E-state index >= 15 is 0 Å². The molecule has 3 atom stereocenters. The van der Waals surface area contributed by atoms with E-state index in [-0.39, 0.29) is 66.0 Å². The predicted molar refractivity (Wildman–Crippen MR) is 202 cm³/mol. The van der Waals surface area contributed by atoms with Gasteiger partial charge in [0.15, 0.2) is 5.78 Å². The molecule has 2 unspecified atom stereocenters. The van der Waals surface area contributed by atoms with Crippen LogP contribution in [0.5, 0.6) is 0 Å². The number of nitrogens with one attached hydrogen (secondary N) is 4. The summed E-state index contributed by atoms with van der Waals surface area (Å²) >= 11 is 1.44. The predicted octanol–water partition coefficient (Wildman–Crippen LogP) is 1.95. The first-order chi connectivity index (χ1) is 24.5. The van der Waals surface area contributed by atoms with Crippen LogP contribution in [-0.2, 0) is 38.4 Å². The number of ketones is 2. The number of hydrogen-bond donors (Lipinski definition) is 4. The van der Waals surface area contributed by atoms with Crippen LogP contribution in [0, 0.1) is 11.8 Å². The third-order valence-corrected chi connectivity index (χ3v) is 10.8. The molecule has 1 aliphatic rings. The second-order valence-electron chi connectivity index (χ2n) is 13.8. The molecule has 1 aliphatic carbocycles. The molecule has 5 amide bonds. The summed E-state index contributed by atoms with van der Waals surface area (Å²) in [5.74, 6) is 1.13. The molecule has 0 radical (unpaired) electrons. The molecular formula is C37H60N6O8S. The van der Waals surface area contributed by atoms with E-state index in [0.29, 0.717) is 56.0 Å². The average Bonchev–Trinajstić information content (AvgIpc) is 3.11. The number of carbonyl (C=O) groups excluding carboxylic acids is 8. The molecule has 1 rings (SSSR count). The number of unbranched alkanes of at least 4 members (excludes halogenated alkanes) is 1. The molecule has 292 valence electrons. The van der Waals surface area contributed by atoms with E-state index in [1.54, 1.807) is 39.8 Å². The number of carbonyl (C=O) groups is 7. The first kappa shape index (κ1) is 46.1. The van der Waals surface area contributed by atoms with Crippen molar-refractivity contribution >= 4 is 58.8 Å². The van der Waals surface area contributed by atoms with Crippen LogP contribution >= 0.6 is 11.8 Å². The monoisotopic (exact) mass is 748 g/mol. The van der Waals surface area contributed by atoms with E-state index in [4.69, 9.17) is 0 Å². The molecule has 4 N–H and O–H groups in total. The van der Waals surface area contributed by atoms with Gasteiger partial charge in [-0.25, -0.2) is 4.79 Å². The summed E-state index contributed by atoms with van der Waals surface area (Å²) in [7, 11) is 3.45. The van der Waals surface area contributed by atoms with Gasteiger partial charge in [-0.15, -0.1) is 11.8 Å². The minimum Gasteiger partial charge on any atom is -0.388 e. The van der Waals surface area contributed by atoms with Crippen LogP contribution in [-0.4, -0.2) is 120 Å². The van der Waals surface area contributed by atoms with Crippen molar-refractivity contribution in [2.75, 3.05) is 46.0 Å². The Morgan fingerprint density at radius 1 is 0.865 bits per heavy atom. The van der Waals surface area contributed by atoms with E-state index in [2.05, 4.69) is 27.8 Å². The Labute approximate surface area is 313 Å². The molecule has 0 aromatic heterocycles. The van der Waals surface area contributed by atoms with Gasteiger partial charge >= 0.3 is 0 Å². The molecular weight excluding hydrogens is 689 g/mol. The summed E-state index contributed by atoms with van der Waals surface area (Å²) < 4.78 is 0. The summed E-state index contributed by atoms with van der Waals surface area (Å²) in [4.78, 5) is 99.1. The highest BCUT2D eigenvalue weighted by Gasteiger charge is 2.29. The fourth-order valence-electron chi connectivity index (χ4n) is 5.76. The molecule has 0 bridgehead atoms. The first-order valence-electron chi connectivity index (χ1n) is 18.0. The van der Waals surface area contributed by atoms with Gasteiger partial charge < -0.3 is 31.1 Å². The summed E-state index contributed by atoms with van der Waals surface area (Å²) in [6.07, 6.45) is 5.80. The summed E-state index contributed by atoms with van der Waals surface area (Å²) in [5.41, 5.74) is 1.23. The van der Waals surface area contributed by atoms with Crippen molar-refractivity contribution in [3.63, 3.8) is 0 Å². The van der Waals surface area contributed by atoms with E-state index in [0.717, 1.165) is 31.4 Å². The normalized spacial score (nSPS) is 16.9. The van der Waals surface area contributed by atoms with Crippen LogP contribution in [0.15, 0.2) is 17.8 Å². The third-order valence-electron chi connectivity index (χ3n) is 9.50. The highest BCUT2D eigenvalue weighted by molar-refractivity contribution is 8.00. The zero-order chi connectivity index (χ0) is 39.4. The van der Waals surface area contributed by atoms with E-state index in [1.165, 1.54) is 30.5 Å². The van der Waals surface area contributed by atoms with Gasteiger partial charge in [0, 0.05) is 69.9 Å². The molecule has 0 heterocycles. The highest BCUT2D eigenvalue weighted by atomic mass is 32.2. The number of amides is 5. The lowest BCUT2D eigenvalue weighted by molar-refractivity contribution is -0.135. The van der Waals surface area contributed by atoms with Crippen LogP contribution < -0.4 is 21.3 Å². The number of Topliss-reactive ketones (excluding diaryl/α,β-unsaturated/α-hetero) is 2. The second-order valence-corrected chi connectivity index (χ2v) is 15.1. The zero-order valence-corrected chi connectivity index (χ0v) is 32.9. The molecule has 0 saturated heterocycles. The van der Waals surface area contributed by atoms with E-state index in [1.807, 2.05) is 5.94 Å². The van der Waals surface area contributed by atoms with Crippen LogP contribution in [0.2, 0.25) is 0 Å². The summed E-state index contributed by atoms with van der Waals surface area (Å²) in [5, 5.41) is 10.4. The van der Waals surface area contributed by atoms with Gasteiger partial charge in [-0.1, -0.05) is 6.58 Å². The summed E-state index contributed by atoms with van der Waals surface area (Å²) in [6, 6.07) is -1.02. The number of allylic oxidation sites excluding steroid dienone is 1. The molecule has 15 heteroatoms. The Hall–Kier alpha value is -3.97. The first-order valence-corrected chi connectivity index (χ1v) is 19.1. The largest absolute Gasteiger partial charge is 0.388 e. The maximum absolute atomic E-state index is 13.1. The van der Waals surface area contributed by atoms with Crippen molar-refractivity contribution in [2.45, 2.75) is 110 Å². The molecule has 0 aromatic carbocycles. The SMILES string of the molecule is C=C(CC(SCCC(=O)N(C)[C@@H](C)C(C)=C=O)C(C)=O)NCC1CCC(C(=O)N(C)CCCCC(NC(=O)CNC(=O)CNC(C)=O)C(C)=O)CC1. The number of rotatable bonds is 24. The molecule has 14 nitrogen and oxygen atoms in total. The van der Waals surface area contributed by atoms with E-state index < -0.39 is 17.9 Å². The van der Waals surface area contributed by atoms with Gasteiger partial charge in [-0.2, -0.15) is 0 Å². The smallest absolute Gasteiger partial charge is 0.239 e. The lowest BCUT2D eigenvalue weighted by atomic mass is 9.81. The number of likely N-dealkylation sites (N-methyl/N-ethyl adjacent to an activating group) is 1. The van der Waals surface area contributed by atoms with Crippen LogP contribution in [0.25, 0.3) is 0 Å². The van der Waals surface area contributed by atoms with Crippen molar-refractivity contribution in [2.24, 2.45) is 11.8 Å². The lowest BCUT2D eigenvalue weighted by Crippen LogP contribution is -2.46. The standard InChI is InChI=1S/C37H60N6O8S/c1-24(23-44)26(3)43(8)36(50)16-18-52-33(28(5)46)19-25(2)38-20-30-12-14-31(15-13-30)37(51)42(7)17-10-9-11-32(27(4)45)41-35(49)22-40-34(48)21-39-29(6)47/h26,30-33,38H,2,9-22H2,1,3-8H3,(H,39,47)(H,40,48)(H,41,49)/t26-,30?,31?,32?,33?/m0/s1. The number of hydrogen-bond acceptors (Lipinski definition) is 10. The number of nitrogens with zero attached hydrogens (tertiary/aromatic N) is 2. The van der Waals surface area contributed by atoms with Crippen molar-refractivity contribution in [1.29, 1.82) is 0 Å². The fourth-order valence-corrected chi connectivity index (χ4v) is 6.89. The third kappa shape index (κ3) is 18.0. The molecule has 52 heavy (non-hydrogen) atoms. The molecule has 1 fully saturated rings. The van der Waals surface area contributed by atoms with Crippen molar-refractivity contribution in [3.05, 3.63) is 17.8 Å².